The summed E-state index contributed by atoms with van der Waals surface area (Å²) in [7, 11) is 2.69. The molecule has 0 aromatic rings. The minimum atomic E-state index is -1.13. The number of esters is 1. The molecule has 0 rings (SSSR count). The average molecular weight is 304 g/mol. The average Bonchev–Trinajstić information content (AvgIpc) is 2.44. The normalized spacial score (nSPS) is 9.81. The van der Waals surface area contributed by atoms with Gasteiger partial charge in [0.15, 0.2) is 0 Å². The van der Waals surface area contributed by atoms with E-state index in [0.717, 1.165) is 0 Å². The van der Waals surface area contributed by atoms with Crippen molar-refractivity contribution in [2.45, 2.75) is 19.3 Å². The van der Waals surface area contributed by atoms with Crippen LogP contribution in [0.3, 0.4) is 0 Å². The predicted molar refractivity (Wildman–Crippen MR) is 70.5 cm³/mol. The molecule has 0 radical (unpaired) electrons. The van der Waals surface area contributed by atoms with Crippen molar-refractivity contribution in [1.29, 1.82) is 0 Å². The van der Waals surface area contributed by atoms with Gasteiger partial charge in [-0.1, -0.05) is 0 Å². The molecule has 0 saturated heterocycles. The summed E-state index contributed by atoms with van der Waals surface area (Å²) in [6, 6.07) is -0.702. The highest BCUT2D eigenvalue weighted by Gasteiger charge is 2.17. The van der Waals surface area contributed by atoms with Crippen LogP contribution in [0.25, 0.3) is 0 Å². The van der Waals surface area contributed by atoms with Crippen molar-refractivity contribution in [3.63, 3.8) is 0 Å². The number of rotatable bonds is 9. The van der Waals surface area contributed by atoms with E-state index in [1.165, 1.54) is 19.1 Å². The Hall–Kier alpha value is -2.16. The van der Waals surface area contributed by atoms with Crippen LogP contribution in [0.4, 0.5) is 4.79 Å². The Morgan fingerprint density at radius 1 is 1.05 bits per heavy atom. The number of imide groups is 1. The van der Waals surface area contributed by atoms with E-state index in [9.17, 15) is 19.2 Å². The van der Waals surface area contributed by atoms with Gasteiger partial charge >= 0.3 is 18.0 Å². The van der Waals surface area contributed by atoms with Crippen molar-refractivity contribution in [1.82, 2.24) is 10.2 Å². The smallest absolute Gasteiger partial charge is 0.324 e. The summed E-state index contributed by atoms with van der Waals surface area (Å²) < 4.78 is 9.31. The number of urea groups is 1. The Morgan fingerprint density at radius 2 is 1.71 bits per heavy atom. The zero-order chi connectivity index (χ0) is 16.3. The van der Waals surface area contributed by atoms with Crippen LogP contribution >= 0.6 is 0 Å². The fraction of sp³-hybridized carbons (Fsp3) is 0.667. The molecule has 0 fully saturated rings. The molecule has 120 valence electrons. The van der Waals surface area contributed by atoms with Crippen LogP contribution in [0.5, 0.6) is 0 Å². The van der Waals surface area contributed by atoms with Gasteiger partial charge in [-0.3, -0.25) is 19.7 Å². The summed E-state index contributed by atoms with van der Waals surface area (Å²) >= 11 is 0. The van der Waals surface area contributed by atoms with E-state index in [2.05, 4.69) is 10.1 Å². The van der Waals surface area contributed by atoms with Crippen LogP contribution in [0, 0.1) is 0 Å². The van der Waals surface area contributed by atoms with E-state index < -0.39 is 23.9 Å². The number of carboxylic acids is 1. The van der Waals surface area contributed by atoms with Gasteiger partial charge in [-0.2, -0.15) is 0 Å². The lowest BCUT2D eigenvalue weighted by Gasteiger charge is -2.21. The SMILES string of the molecule is COCCN(CCC(=O)OC)C(=O)NC(=O)CCC(=O)O. The van der Waals surface area contributed by atoms with Gasteiger partial charge in [0.1, 0.15) is 0 Å². The zero-order valence-electron chi connectivity index (χ0n) is 12.1. The zero-order valence-corrected chi connectivity index (χ0v) is 12.1. The Bertz CT molecular complexity index is 384. The van der Waals surface area contributed by atoms with Crippen molar-refractivity contribution in [2.75, 3.05) is 33.9 Å². The molecule has 9 nitrogen and oxygen atoms in total. The molecule has 0 heterocycles. The maximum Gasteiger partial charge on any atom is 0.324 e. The van der Waals surface area contributed by atoms with Crippen molar-refractivity contribution in [2.24, 2.45) is 0 Å². The highest BCUT2D eigenvalue weighted by molar-refractivity contribution is 5.95. The second kappa shape index (κ2) is 10.6. The number of carbonyl (C=O) groups excluding carboxylic acids is 3. The van der Waals surface area contributed by atoms with Crippen molar-refractivity contribution in [3.8, 4) is 0 Å². The molecule has 0 atom stereocenters. The van der Waals surface area contributed by atoms with Gasteiger partial charge in [-0.25, -0.2) is 4.79 Å². The highest BCUT2D eigenvalue weighted by Crippen LogP contribution is 1.97. The van der Waals surface area contributed by atoms with Gasteiger partial charge in [0.2, 0.25) is 5.91 Å². The summed E-state index contributed by atoms with van der Waals surface area (Å²) in [4.78, 5) is 45.9. The van der Waals surface area contributed by atoms with Crippen LogP contribution in [0.1, 0.15) is 19.3 Å². The summed E-state index contributed by atoms with van der Waals surface area (Å²) in [6.45, 7) is 0.484. The quantitative estimate of drug-likeness (QED) is 0.556. The van der Waals surface area contributed by atoms with Crippen molar-refractivity contribution >= 4 is 23.9 Å². The van der Waals surface area contributed by atoms with Crippen LogP contribution in [-0.4, -0.2) is 67.8 Å². The third-order valence-electron chi connectivity index (χ3n) is 2.48. The standard InChI is InChI=1S/C12H20N2O7/c1-20-8-7-14(6-5-11(18)21-2)12(19)13-9(15)3-4-10(16)17/h3-8H2,1-2H3,(H,16,17)(H,13,15,19). The van der Waals surface area contributed by atoms with E-state index in [4.69, 9.17) is 9.84 Å². The summed E-state index contributed by atoms with van der Waals surface area (Å²) in [5.74, 6) is -2.30. The molecule has 0 saturated carbocycles. The number of methoxy groups -OCH3 is 2. The third kappa shape index (κ3) is 9.38. The van der Waals surface area contributed by atoms with E-state index in [0.29, 0.717) is 0 Å². The monoisotopic (exact) mass is 304 g/mol. The Morgan fingerprint density at radius 3 is 2.24 bits per heavy atom. The molecule has 0 aromatic carbocycles. The number of nitrogens with zero attached hydrogens (tertiary/aromatic N) is 1. The van der Waals surface area contributed by atoms with Crippen LogP contribution < -0.4 is 5.32 Å². The first-order valence-electron chi connectivity index (χ1n) is 6.27. The van der Waals surface area contributed by atoms with Crippen LogP contribution in [-0.2, 0) is 23.9 Å². The molecule has 0 aliphatic rings. The number of nitrogens with one attached hydrogen (secondary N) is 1. The molecular weight excluding hydrogens is 284 g/mol. The number of amides is 3. The molecule has 0 aromatic heterocycles. The number of hydrogen-bond acceptors (Lipinski definition) is 6. The lowest BCUT2D eigenvalue weighted by molar-refractivity contribution is -0.141. The number of aliphatic carboxylic acids is 1. The third-order valence-corrected chi connectivity index (χ3v) is 2.48. The second-order valence-electron chi connectivity index (χ2n) is 4.05. The first-order valence-corrected chi connectivity index (χ1v) is 6.27. The van der Waals surface area contributed by atoms with E-state index in [1.807, 2.05) is 0 Å². The lowest BCUT2D eigenvalue weighted by atomic mass is 10.3. The number of carboxylic acid groups (broad SMARTS) is 1. The van der Waals surface area contributed by atoms with E-state index in [-0.39, 0.29) is 39.0 Å². The number of ether oxygens (including phenoxy) is 2. The molecule has 2 N–H and O–H groups in total. The number of carbonyl (C=O) groups is 4. The first-order chi connectivity index (χ1) is 9.90. The summed E-state index contributed by atoms with van der Waals surface area (Å²) in [5, 5.41) is 10.5. The van der Waals surface area contributed by atoms with Gasteiger partial charge < -0.3 is 19.5 Å². The molecule has 0 bridgehead atoms. The number of hydrogen-bond donors (Lipinski definition) is 2. The van der Waals surface area contributed by atoms with Crippen LogP contribution in [0.2, 0.25) is 0 Å². The van der Waals surface area contributed by atoms with Crippen molar-refractivity contribution < 1.29 is 33.8 Å². The Kier molecular flexibility index (Phi) is 9.52. The molecule has 9 heteroatoms. The summed E-state index contributed by atoms with van der Waals surface area (Å²) in [5.41, 5.74) is 0. The molecule has 0 aliphatic carbocycles. The fourth-order valence-corrected chi connectivity index (χ4v) is 1.33. The van der Waals surface area contributed by atoms with Gasteiger partial charge in [0.05, 0.1) is 26.6 Å². The minimum absolute atomic E-state index is 0.0169. The van der Waals surface area contributed by atoms with E-state index in [1.54, 1.807) is 0 Å². The second-order valence-corrected chi connectivity index (χ2v) is 4.05. The maximum absolute atomic E-state index is 11.8. The lowest BCUT2D eigenvalue weighted by Crippen LogP contribution is -2.45. The molecule has 0 spiro atoms. The van der Waals surface area contributed by atoms with Gasteiger partial charge in [-0.05, 0) is 0 Å². The molecular formula is C12H20N2O7. The van der Waals surface area contributed by atoms with Crippen LogP contribution in [0.15, 0.2) is 0 Å². The Labute approximate surface area is 122 Å². The largest absolute Gasteiger partial charge is 0.481 e. The first kappa shape index (κ1) is 18.8. The fourth-order valence-electron chi connectivity index (χ4n) is 1.33. The molecule has 21 heavy (non-hydrogen) atoms. The minimum Gasteiger partial charge on any atom is -0.481 e. The predicted octanol–water partition coefficient (Wildman–Crippen LogP) is -0.401. The topological polar surface area (TPSA) is 122 Å². The van der Waals surface area contributed by atoms with E-state index >= 15 is 0 Å². The highest BCUT2D eigenvalue weighted by atomic mass is 16.5. The summed E-state index contributed by atoms with van der Waals surface area (Å²) in [6.07, 6.45) is -0.674. The Balaban J connectivity index is 4.38. The maximum atomic E-state index is 11.8. The molecule has 3 amide bonds. The van der Waals surface area contributed by atoms with Gasteiger partial charge in [0.25, 0.3) is 0 Å². The van der Waals surface area contributed by atoms with Crippen molar-refractivity contribution in [3.05, 3.63) is 0 Å². The van der Waals surface area contributed by atoms with Gasteiger partial charge in [-0.15, -0.1) is 0 Å². The molecule has 0 aliphatic heterocycles. The molecule has 0 unspecified atom stereocenters. The van der Waals surface area contributed by atoms with Gasteiger partial charge in [0, 0.05) is 26.6 Å².